The third-order valence-electron chi connectivity index (χ3n) is 9.18. The van der Waals surface area contributed by atoms with Gasteiger partial charge in [-0.25, -0.2) is 9.18 Å². The van der Waals surface area contributed by atoms with Gasteiger partial charge in [0, 0.05) is 39.1 Å². The molecule has 7 rings (SSSR count). The Morgan fingerprint density at radius 3 is 2.48 bits per heavy atom. The molecular weight excluding hydrogens is 524 g/mol. The van der Waals surface area contributed by atoms with Gasteiger partial charge in [-0.2, -0.15) is 13.2 Å². The molecule has 0 bridgehead atoms. The zero-order chi connectivity index (χ0) is 27.9. The second-order valence-electron chi connectivity index (χ2n) is 12.0. The quantitative estimate of drug-likeness (QED) is 0.325. The molecule has 3 fully saturated rings. The van der Waals surface area contributed by atoms with Crippen LogP contribution in [0.25, 0.3) is 11.2 Å². The van der Waals surface area contributed by atoms with E-state index in [1.54, 1.807) is 12.4 Å². The Bertz CT molecular complexity index is 1650. The molecule has 0 amide bonds. The molecule has 4 aromatic rings. The van der Waals surface area contributed by atoms with E-state index in [0.29, 0.717) is 42.6 Å². The summed E-state index contributed by atoms with van der Waals surface area (Å²) in [6.07, 6.45) is 3.88. The van der Waals surface area contributed by atoms with Crippen LogP contribution < -0.4 is 5.69 Å². The molecule has 4 heterocycles. The van der Waals surface area contributed by atoms with Crippen LogP contribution in [0.1, 0.15) is 61.0 Å². The number of nitrogens with zero attached hydrogens (tertiary/aromatic N) is 6. The molecule has 3 aliphatic rings. The summed E-state index contributed by atoms with van der Waals surface area (Å²) < 4.78 is 60.5. The highest BCUT2D eigenvalue weighted by Crippen LogP contribution is 2.70. The summed E-state index contributed by atoms with van der Waals surface area (Å²) in [7, 11) is 1.92. The van der Waals surface area contributed by atoms with Crippen molar-refractivity contribution >= 4 is 5.52 Å². The van der Waals surface area contributed by atoms with Gasteiger partial charge in [0.05, 0.1) is 22.2 Å². The van der Waals surface area contributed by atoms with E-state index in [2.05, 4.69) is 10.2 Å². The van der Waals surface area contributed by atoms with E-state index in [1.807, 2.05) is 34.7 Å². The molecule has 1 aliphatic heterocycles. The lowest BCUT2D eigenvalue weighted by atomic mass is 9.56. The van der Waals surface area contributed by atoms with Crippen molar-refractivity contribution in [1.82, 2.24) is 28.6 Å². The highest BCUT2D eigenvalue weighted by molar-refractivity contribution is 5.58. The van der Waals surface area contributed by atoms with Gasteiger partial charge in [-0.3, -0.25) is 13.9 Å². The van der Waals surface area contributed by atoms with Gasteiger partial charge in [-0.15, -0.1) is 10.2 Å². The van der Waals surface area contributed by atoms with Crippen molar-refractivity contribution in [1.29, 1.82) is 0 Å². The Morgan fingerprint density at radius 1 is 1.07 bits per heavy atom. The summed E-state index contributed by atoms with van der Waals surface area (Å²) in [6, 6.07) is 8.62. The van der Waals surface area contributed by atoms with Crippen LogP contribution in [-0.2, 0) is 25.2 Å². The van der Waals surface area contributed by atoms with Crippen molar-refractivity contribution in [2.75, 3.05) is 13.1 Å². The average Bonchev–Trinajstić information content (AvgIpc) is 3.47. The Balaban J connectivity index is 1.30. The number of hydrogen-bond acceptors (Lipinski definition) is 4. The molecule has 11 heteroatoms. The number of aromatic nitrogens is 5. The highest BCUT2D eigenvalue weighted by Gasteiger charge is 2.63. The van der Waals surface area contributed by atoms with E-state index in [-0.39, 0.29) is 17.5 Å². The molecule has 0 N–H and O–H groups in total. The first-order valence-electron chi connectivity index (χ1n) is 13.7. The molecule has 40 heavy (non-hydrogen) atoms. The smallest absolute Gasteiger partial charge is 0.320 e. The van der Waals surface area contributed by atoms with Gasteiger partial charge in [0.2, 0.25) is 0 Å². The summed E-state index contributed by atoms with van der Waals surface area (Å²) in [4.78, 5) is 15.5. The number of likely N-dealkylation sites (tertiary alicyclic amines) is 1. The minimum atomic E-state index is -4.65. The van der Waals surface area contributed by atoms with Gasteiger partial charge in [0.25, 0.3) is 0 Å². The third-order valence-corrected chi connectivity index (χ3v) is 9.18. The molecule has 0 atom stereocenters. The molecule has 2 saturated carbocycles. The van der Waals surface area contributed by atoms with Crippen molar-refractivity contribution < 1.29 is 17.6 Å². The van der Waals surface area contributed by atoms with Gasteiger partial charge in [0.15, 0.2) is 0 Å². The zero-order valence-corrected chi connectivity index (χ0v) is 22.2. The number of aryl methyl sites for hydroxylation is 1. The monoisotopic (exact) mass is 554 g/mol. The maximum Gasteiger partial charge on any atom is 0.418 e. The maximum absolute atomic E-state index is 14.2. The van der Waals surface area contributed by atoms with Crippen molar-refractivity contribution in [2.45, 2.75) is 62.8 Å². The Hall–Kier alpha value is -3.47. The minimum absolute atomic E-state index is 0.197. The summed E-state index contributed by atoms with van der Waals surface area (Å²) in [5.74, 6) is 0.859. The first kappa shape index (κ1) is 25.5. The number of piperidine rings is 1. The lowest BCUT2D eigenvalue weighted by Gasteiger charge is -2.48. The number of fused-ring (bicyclic) bond motifs is 1. The van der Waals surface area contributed by atoms with E-state index in [0.717, 1.165) is 34.7 Å². The molecular formula is C29H30F4N6O. The van der Waals surface area contributed by atoms with E-state index >= 15 is 0 Å². The molecule has 7 nitrogen and oxygen atoms in total. The van der Waals surface area contributed by atoms with Crippen LogP contribution in [0.2, 0.25) is 0 Å². The van der Waals surface area contributed by atoms with Crippen molar-refractivity contribution in [2.24, 2.45) is 12.5 Å². The van der Waals surface area contributed by atoms with Crippen LogP contribution in [0.15, 0.2) is 53.8 Å². The molecule has 3 aromatic heterocycles. The van der Waals surface area contributed by atoms with Crippen LogP contribution in [0.5, 0.6) is 0 Å². The zero-order valence-electron chi connectivity index (χ0n) is 22.2. The highest BCUT2D eigenvalue weighted by atomic mass is 19.4. The minimum Gasteiger partial charge on any atom is -0.320 e. The first-order chi connectivity index (χ1) is 19.1. The van der Waals surface area contributed by atoms with Gasteiger partial charge >= 0.3 is 11.9 Å². The van der Waals surface area contributed by atoms with E-state index < -0.39 is 23.6 Å². The van der Waals surface area contributed by atoms with Crippen LogP contribution in [0, 0.1) is 5.41 Å². The van der Waals surface area contributed by atoms with Crippen LogP contribution in [-0.4, -0.2) is 47.9 Å². The molecule has 1 aromatic carbocycles. The van der Waals surface area contributed by atoms with Crippen LogP contribution >= 0.6 is 0 Å². The predicted octanol–water partition coefficient (Wildman–Crippen LogP) is 5.03. The van der Waals surface area contributed by atoms with Gasteiger partial charge in [-0.1, -0.05) is 12.1 Å². The first-order valence-corrected chi connectivity index (χ1v) is 13.7. The van der Waals surface area contributed by atoms with Gasteiger partial charge < -0.3 is 4.57 Å². The summed E-state index contributed by atoms with van der Waals surface area (Å²) in [5, 5.41) is 8.52. The van der Waals surface area contributed by atoms with E-state index in [1.165, 1.54) is 29.8 Å². The fraction of sp³-hybridized carbons (Fsp3) is 0.483. The molecule has 1 spiro atoms. The molecule has 210 valence electrons. The fourth-order valence-electron chi connectivity index (χ4n) is 6.98. The van der Waals surface area contributed by atoms with Crippen LogP contribution in [0.4, 0.5) is 17.6 Å². The number of halogens is 4. The Kier molecular flexibility index (Phi) is 5.59. The predicted molar refractivity (Wildman–Crippen MR) is 140 cm³/mol. The van der Waals surface area contributed by atoms with E-state index in [4.69, 9.17) is 0 Å². The Morgan fingerprint density at radius 2 is 1.82 bits per heavy atom. The lowest BCUT2D eigenvalue weighted by molar-refractivity contribution is -0.136. The second kappa shape index (κ2) is 8.76. The largest absolute Gasteiger partial charge is 0.418 e. The van der Waals surface area contributed by atoms with Gasteiger partial charge in [0.1, 0.15) is 18.3 Å². The number of alkyl halides is 4. The molecule has 0 unspecified atom stereocenters. The Labute approximate surface area is 228 Å². The maximum atomic E-state index is 14.2. The van der Waals surface area contributed by atoms with Crippen molar-refractivity contribution in [3.05, 3.63) is 82.1 Å². The number of benzene rings is 1. The molecule has 0 radical (unpaired) electrons. The molecule has 2 aliphatic carbocycles. The van der Waals surface area contributed by atoms with Gasteiger partial charge in [-0.05, 0) is 73.3 Å². The van der Waals surface area contributed by atoms with E-state index in [9.17, 15) is 22.4 Å². The lowest BCUT2D eigenvalue weighted by Crippen LogP contribution is -2.45. The standard InChI is InChI=1S/C29H30F4N6O/c1-36-18-34-35-25(36)28(16-27(17-28)7-8-27)20-3-2-4-22(12-20)38-15-24-23(29(31,32)33)11-19(14-39(24)26(38)40)13-37-9-5-21(30)6-10-37/h2-4,11-12,14-15,18,21H,5-10,13,16-17H2,1H3. The number of pyridine rings is 1. The van der Waals surface area contributed by atoms with Crippen molar-refractivity contribution in [3.63, 3.8) is 0 Å². The summed E-state index contributed by atoms with van der Waals surface area (Å²) in [5.41, 5.74) is 0.218. The average molecular weight is 555 g/mol. The van der Waals surface area contributed by atoms with Crippen molar-refractivity contribution in [3.8, 4) is 5.69 Å². The third kappa shape index (κ3) is 4.08. The SMILES string of the molecule is Cn1cnnc1C1(c2cccc(-n3cc4c(C(F)(F)F)cc(CN5CCC(F)CC5)cn4c3=O)c2)CC2(CC2)C1. The number of imidazole rings is 1. The summed E-state index contributed by atoms with van der Waals surface area (Å²) in [6.45, 7) is 1.16. The number of rotatable bonds is 5. The molecule has 1 saturated heterocycles. The normalized spacial score (nSPS) is 20.7. The van der Waals surface area contributed by atoms with Crippen LogP contribution in [0.3, 0.4) is 0 Å². The number of hydrogen-bond donors (Lipinski definition) is 0. The topological polar surface area (TPSA) is 60.4 Å². The fourth-order valence-corrected chi connectivity index (χ4v) is 6.98. The second-order valence-corrected chi connectivity index (χ2v) is 12.0. The summed E-state index contributed by atoms with van der Waals surface area (Å²) >= 11 is 0.